The van der Waals surface area contributed by atoms with Crippen molar-refractivity contribution in [3.63, 3.8) is 0 Å². The van der Waals surface area contributed by atoms with Crippen molar-refractivity contribution in [2.24, 2.45) is 5.92 Å². The van der Waals surface area contributed by atoms with E-state index in [0.717, 1.165) is 5.92 Å². The molecule has 0 aromatic heterocycles. The highest BCUT2D eigenvalue weighted by Crippen LogP contribution is 2.31. The first-order valence-electron chi connectivity index (χ1n) is 4.62. The third kappa shape index (κ3) is 3.35. The average Bonchev–Trinajstić information content (AvgIpc) is 2.54. The van der Waals surface area contributed by atoms with E-state index in [1.807, 2.05) is 0 Å². The van der Waals surface area contributed by atoms with Crippen LogP contribution in [0.15, 0.2) is 30.3 Å². The van der Waals surface area contributed by atoms with Gasteiger partial charge in [0.1, 0.15) is 0 Å². The van der Waals surface area contributed by atoms with E-state index in [-0.39, 0.29) is 32.4 Å². The van der Waals surface area contributed by atoms with Crippen LogP contribution < -0.4 is 5.30 Å². The highest BCUT2D eigenvalue weighted by Gasteiger charge is 2.10. The molecule has 1 heterocycles. The second kappa shape index (κ2) is 6.56. The Morgan fingerprint density at radius 1 is 1.14 bits per heavy atom. The SMILES string of the molecule is CC1C=[PH](c2ccccc2)CC1.Cl.Cl. The number of hydrogen-bond acceptors (Lipinski definition) is 0. The zero-order valence-corrected chi connectivity index (χ0v) is 10.9. The first-order valence-corrected chi connectivity index (χ1v) is 6.41. The average molecular weight is 251 g/mol. The van der Waals surface area contributed by atoms with Gasteiger partial charge in [0.05, 0.1) is 0 Å². The fourth-order valence-electron chi connectivity index (χ4n) is 1.79. The van der Waals surface area contributed by atoms with E-state index < -0.39 is 0 Å². The maximum atomic E-state index is 2.58. The summed E-state index contributed by atoms with van der Waals surface area (Å²) in [6.45, 7) is 2.33. The van der Waals surface area contributed by atoms with E-state index in [1.54, 1.807) is 5.30 Å². The van der Waals surface area contributed by atoms with Gasteiger partial charge in [-0.3, -0.25) is 0 Å². The Hall–Kier alpha value is 0.1000. The number of hydrogen-bond donors (Lipinski definition) is 0. The lowest BCUT2D eigenvalue weighted by Gasteiger charge is -2.00. The van der Waals surface area contributed by atoms with Crippen LogP contribution in [0.5, 0.6) is 0 Å². The Morgan fingerprint density at radius 2 is 1.79 bits per heavy atom. The molecule has 0 spiro atoms. The quantitative estimate of drug-likeness (QED) is 0.672. The van der Waals surface area contributed by atoms with Crippen LogP contribution in [-0.4, -0.2) is 12.0 Å². The lowest BCUT2D eigenvalue weighted by Crippen LogP contribution is -1.94. The topological polar surface area (TPSA) is 0 Å². The molecular weight excluding hydrogens is 234 g/mol. The minimum absolute atomic E-state index is 0. The van der Waals surface area contributed by atoms with Gasteiger partial charge in [-0.05, 0) is 23.8 Å². The molecule has 0 nitrogen and oxygen atoms in total. The van der Waals surface area contributed by atoms with E-state index in [1.165, 1.54) is 12.6 Å². The normalized spacial score (nSPS) is 24.4. The molecular formula is C11H17Cl2P. The van der Waals surface area contributed by atoms with Crippen molar-refractivity contribution in [1.82, 2.24) is 0 Å². The molecule has 2 atom stereocenters. The third-order valence-electron chi connectivity index (χ3n) is 2.50. The molecule has 0 saturated carbocycles. The molecule has 2 rings (SSSR count). The molecule has 0 amide bonds. The fourth-order valence-corrected chi connectivity index (χ4v) is 4.67. The van der Waals surface area contributed by atoms with Gasteiger partial charge >= 0.3 is 0 Å². The molecule has 0 aliphatic carbocycles. The Balaban J connectivity index is 0.000000845. The summed E-state index contributed by atoms with van der Waals surface area (Å²) in [4.78, 5) is 0. The van der Waals surface area contributed by atoms with Crippen LogP contribution in [0.3, 0.4) is 0 Å². The zero-order chi connectivity index (χ0) is 8.39. The molecule has 80 valence electrons. The molecule has 0 radical (unpaired) electrons. The van der Waals surface area contributed by atoms with Crippen LogP contribution in [0.1, 0.15) is 13.3 Å². The molecule has 3 heteroatoms. The van der Waals surface area contributed by atoms with Crippen LogP contribution in [0.4, 0.5) is 0 Å². The number of halogens is 2. The second-order valence-corrected chi connectivity index (χ2v) is 6.04. The van der Waals surface area contributed by atoms with E-state index in [9.17, 15) is 0 Å². The molecule has 2 unspecified atom stereocenters. The van der Waals surface area contributed by atoms with Gasteiger partial charge in [0.25, 0.3) is 0 Å². The van der Waals surface area contributed by atoms with E-state index in [0.29, 0.717) is 0 Å². The Labute approximate surface area is 99.3 Å². The molecule has 0 saturated heterocycles. The highest BCUT2D eigenvalue weighted by molar-refractivity contribution is 7.65. The van der Waals surface area contributed by atoms with Crippen LogP contribution in [0.25, 0.3) is 0 Å². The van der Waals surface area contributed by atoms with Gasteiger partial charge in [0, 0.05) is 0 Å². The van der Waals surface area contributed by atoms with Gasteiger partial charge in [-0.15, -0.1) is 24.8 Å². The molecule has 0 fully saturated rings. The van der Waals surface area contributed by atoms with Crippen LogP contribution in [-0.2, 0) is 0 Å². The number of rotatable bonds is 1. The highest BCUT2D eigenvalue weighted by atomic mass is 35.5. The van der Waals surface area contributed by atoms with Gasteiger partial charge < -0.3 is 0 Å². The van der Waals surface area contributed by atoms with Gasteiger partial charge in [0.15, 0.2) is 0 Å². The summed E-state index contributed by atoms with van der Waals surface area (Å²) in [6, 6.07) is 11.0. The fraction of sp³-hybridized carbons (Fsp3) is 0.364. The zero-order valence-electron chi connectivity index (χ0n) is 8.27. The second-order valence-electron chi connectivity index (χ2n) is 3.57. The first-order chi connectivity index (χ1) is 5.86. The van der Waals surface area contributed by atoms with E-state index >= 15 is 0 Å². The maximum Gasteiger partial charge on any atom is -0.0253 e. The smallest absolute Gasteiger partial charge is 0.0253 e. The van der Waals surface area contributed by atoms with Crippen LogP contribution >= 0.6 is 32.4 Å². The van der Waals surface area contributed by atoms with Crippen molar-refractivity contribution < 1.29 is 0 Å². The van der Waals surface area contributed by atoms with Gasteiger partial charge in [-0.2, -0.15) is 0 Å². The summed E-state index contributed by atoms with van der Waals surface area (Å²) in [5.74, 6) is 3.44. The molecule has 0 N–H and O–H groups in total. The van der Waals surface area contributed by atoms with Crippen molar-refractivity contribution in [3.8, 4) is 0 Å². The van der Waals surface area contributed by atoms with Gasteiger partial charge in [-0.1, -0.05) is 50.6 Å². The molecule has 1 aromatic rings. The summed E-state index contributed by atoms with van der Waals surface area (Å²) < 4.78 is 0. The van der Waals surface area contributed by atoms with Gasteiger partial charge in [0.2, 0.25) is 0 Å². The summed E-state index contributed by atoms with van der Waals surface area (Å²) >= 11 is 0. The van der Waals surface area contributed by atoms with Crippen molar-refractivity contribution in [1.29, 1.82) is 0 Å². The van der Waals surface area contributed by atoms with Crippen molar-refractivity contribution >= 4 is 43.5 Å². The standard InChI is InChI=1S/C11H15P.2ClH/c1-10-7-8-12(9-10)11-5-3-2-4-6-11;;/h2-6,9-10,12H,7-8H2,1H3;2*1H. The minimum Gasteiger partial charge on any atom is -0.147 e. The minimum atomic E-state index is -0.263. The molecule has 1 aromatic carbocycles. The van der Waals surface area contributed by atoms with Crippen LogP contribution in [0, 0.1) is 5.92 Å². The number of benzene rings is 1. The molecule has 1 aliphatic rings. The Bertz CT molecular complexity index is 295. The predicted molar refractivity (Wildman–Crippen MR) is 73.6 cm³/mol. The van der Waals surface area contributed by atoms with E-state index in [2.05, 4.69) is 43.1 Å². The van der Waals surface area contributed by atoms with E-state index in [4.69, 9.17) is 0 Å². The molecule has 1 aliphatic heterocycles. The lowest BCUT2D eigenvalue weighted by molar-refractivity contribution is 0.781. The van der Waals surface area contributed by atoms with Crippen molar-refractivity contribution in [3.05, 3.63) is 30.3 Å². The Kier molecular flexibility index (Phi) is 6.61. The largest absolute Gasteiger partial charge is 0.147 e. The van der Waals surface area contributed by atoms with Gasteiger partial charge in [-0.25, -0.2) is 0 Å². The maximum absolute atomic E-state index is 2.58. The molecule has 0 bridgehead atoms. The van der Waals surface area contributed by atoms with Crippen molar-refractivity contribution in [2.75, 3.05) is 6.16 Å². The first kappa shape index (κ1) is 14.1. The predicted octanol–water partition coefficient (Wildman–Crippen LogP) is 3.21. The Morgan fingerprint density at radius 3 is 2.29 bits per heavy atom. The summed E-state index contributed by atoms with van der Waals surface area (Å²) in [5, 5.41) is 1.59. The summed E-state index contributed by atoms with van der Waals surface area (Å²) in [6.07, 6.45) is 2.85. The van der Waals surface area contributed by atoms with Crippen molar-refractivity contribution in [2.45, 2.75) is 13.3 Å². The third-order valence-corrected chi connectivity index (χ3v) is 5.37. The summed E-state index contributed by atoms with van der Waals surface area (Å²) in [5.41, 5.74) is 0. The lowest BCUT2D eigenvalue weighted by atomic mass is 10.2. The summed E-state index contributed by atoms with van der Waals surface area (Å²) in [7, 11) is -0.263. The van der Waals surface area contributed by atoms with Crippen LogP contribution in [0.2, 0.25) is 0 Å². The molecule has 14 heavy (non-hydrogen) atoms. The monoisotopic (exact) mass is 250 g/mol.